The number of carbonyl (C=O) groups excluding carboxylic acids is 2. The molecule has 1 amide bonds. The summed E-state index contributed by atoms with van der Waals surface area (Å²) in [5.41, 5.74) is 5.46. The number of nitrogens with two attached hydrogens (primary N) is 1. The molecule has 0 aromatic rings. The number of carboxylic acids is 1. The molecule has 0 fully saturated rings. The van der Waals surface area contributed by atoms with Crippen LogP contribution in [-0.4, -0.2) is 41.6 Å². The summed E-state index contributed by atoms with van der Waals surface area (Å²) in [4.78, 5) is 36.1. The van der Waals surface area contributed by atoms with Gasteiger partial charge < -0.3 is 20.9 Å². The number of ether oxygens (including phenoxy) is 1. The first-order chi connectivity index (χ1) is 22.9. The first-order valence-corrected chi connectivity index (χ1v) is 18.6. The van der Waals surface area contributed by atoms with Crippen LogP contribution in [0.15, 0.2) is 60.8 Å². The molecule has 7 heteroatoms. The minimum absolute atomic E-state index is 0.126. The van der Waals surface area contributed by atoms with Gasteiger partial charge in [-0.1, -0.05) is 113 Å². The van der Waals surface area contributed by atoms with Crippen LogP contribution < -0.4 is 11.1 Å². The molecule has 0 aliphatic rings. The average Bonchev–Trinajstić information content (AvgIpc) is 3.05. The smallest absolute Gasteiger partial charge is 0.326 e. The lowest BCUT2D eigenvalue weighted by atomic mass is 10.1. The zero-order chi connectivity index (χ0) is 34.6. The van der Waals surface area contributed by atoms with Gasteiger partial charge in [0.05, 0.1) is 0 Å². The molecule has 2 atom stereocenters. The van der Waals surface area contributed by atoms with Gasteiger partial charge >= 0.3 is 11.9 Å². The van der Waals surface area contributed by atoms with E-state index in [1.807, 2.05) is 6.08 Å². The highest BCUT2D eigenvalue weighted by Gasteiger charge is 2.18. The summed E-state index contributed by atoms with van der Waals surface area (Å²) in [6.45, 7) is 4.74. The summed E-state index contributed by atoms with van der Waals surface area (Å²) in [6.07, 6.45) is 41.4. The molecule has 0 bridgehead atoms. The van der Waals surface area contributed by atoms with Crippen LogP contribution in [0.25, 0.3) is 0 Å². The van der Waals surface area contributed by atoms with Crippen LogP contribution in [0.4, 0.5) is 0 Å². The van der Waals surface area contributed by atoms with Crippen molar-refractivity contribution in [3.8, 4) is 0 Å². The molecule has 0 aliphatic carbocycles. The Bertz CT molecular complexity index is 922. The van der Waals surface area contributed by atoms with Gasteiger partial charge in [0.25, 0.3) is 0 Å². The van der Waals surface area contributed by atoms with Crippen molar-refractivity contribution in [1.82, 2.24) is 5.32 Å². The van der Waals surface area contributed by atoms with Gasteiger partial charge in [-0.05, 0) is 96.1 Å². The van der Waals surface area contributed by atoms with Crippen LogP contribution in [0.3, 0.4) is 0 Å². The van der Waals surface area contributed by atoms with E-state index in [1.165, 1.54) is 25.7 Å². The first kappa shape index (κ1) is 44.1. The lowest BCUT2D eigenvalue weighted by Crippen LogP contribution is -2.40. The van der Waals surface area contributed by atoms with Crippen LogP contribution in [0.5, 0.6) is 0 Å². The van der Waals surface area contributed by atoms with Gasteiger partial charge in [0, 0.05) is 12.8 Å². The molecule has 7 nitrogen and oxygen atoms in total. The van der Waals surface area contributed by atoms with Crippen molar-refractivity contribution in [1.29, 1.82) is 0 Å². The molecule has 0 saturated heterocycles. The Morgan fingerprint density at radius 3 is 1.89 bits per heavy atom. The van der Waals surface area contributed by atoms with Crippen molar-refractivity contribution in [2.75, 3.05) is 6.54 Å². The summed E-state index contributed by atoms with van der Waals surface area (Å²) >= 11 is 0. The van der Waals surface area contributed by atoms with Gasteiger partial charge in [-0.25, -0.2) is 4.79 Å². The molecule has 0 heterocycles. The van der Waals surface area contributed by atoms with Crippen molar-refractivity contribution in [3.63, 3.8) is 0 Å². The Kier molecular flexibility index (Phi) is 32.3. The number of carbonyl (C=O) groups is 3. The summed E-state index contributed by atoms with van der Waals surface area (Å²) in [6, 6.07) is -0.877. The van der Waals surface area contributed by atoms with E-state index < -0.39 is 12.0 Å². The second-order valence-electron chi connectivity index (χ2n) is 12.2. The van der Waals surface area contributed by atoms with Gasteiger partial charge in [0.1, 0.15) is 12.1 Å². The molecular weight excluding hydrogens is 588 g/mol. The summed E-state index contributed by atoms with van der Waals surface area (Å²) in [5.74, 6) is -1.38. The van der Waals surface area contributed by atoms with E-state index >= 15 is 0 Å². The van der Waals surface area contributed by atoms with E-state index in [9.17, 15) is 19.5 Å². The molecule has 0 rings (SSSR count). The van der Waals surface area contributed by atoms with E-state index in [2.05, 4.69) is 73.8 Å². The van der Waals surface area contributed by atoms with E-state index in [0.29, 0.717) is 38.6 Å². The Balaban J connectivity index is 4.35. The van der Waals surface area contributed by atoms with Gasteiger partial charge in [0.15, 0.2) is 0 Å². The topological polar surface area (TPSA) is 119 Å². The van der Waals surface area contributed by atoms with E-state index in [1.54, 1.807) is 0 Å². The number of esters is 1. The van der Waals surface area contributed by atoms with E-state index in [-0.39, 0.29) is 18.0 Å². The SMILES string of the molecule is CC/C=C\C/C=C\C/C=C\CCCCCCCC(=O)OC(/C=C\C/C=C\CCCC)CCCCCCC(=O)NC(CCCN)C(=O)O. The number of unbranched alkanes of at least 4 members (excludes halogenated alkanes) is 10. The highest BCUT2D eigenvalue weighted by atomic mass is 16.5. The third-order valence-electron chi connectivity index (χ3n) is 7.80. The van der Waals surface area contributed by atoms with Gasteiger partial charge in [-0.3, -0.25) is 9.59 Å². The van der Waals surface area contributed by atoms with Crippen LogP contribution in [0.1, 0.15) is 155 Å². The molecule has 0 radical (unpaired) electrons. The molecule has 0 spiro atoms. The summed E-state index contributed by atoms with van der Waals surface area (Å²) in [5, 5.41) is 11.9. The monoisotopic (exact) mass is 657 g/mol. The maximum Gasteiger partial charge on any atom is 0.326 e. The third kappa shape index (κ3) is 31.4. The van der Waals surface area contributed by atoms with Crippen molar-refractivity contribution in [3.05, 3.63) is 60.8 Å². The first-order valence-electron chi connectivity index (χ1n) is 18.6. The molecule has 0 aromatic carbocycles. The van der Waals surface area contributed by atoms with Crippen LogP contribution >= 0.6 is 0 Å². The van der Waals surface area contributed by atoms with Crippen LogP contribution in [-0.2, 0) is 19.1 Å². The fraction of sp³-hybridized carbons (Fsp3) is 0.675. The lowest BCUT2D eigenvalue weighted by Gasteiger charge is -2.15. The standard InChI is InChI=1S/C40H68N2O5/c1-3-5-7-9-11-12-13-14-15-16-17-18-20-22-28-34-39(44)47-36(30-25-21-19-10-8-6-4-2)31-26-23-24-27-33-38(43)42-37(40(45)46)32-29-35-41/h5,7,10-12,14-15,19,25,30,36-37H,3-4,6,8-9,13,16-18,20-24,26-29,31-35,41H2,1-2H3,(H,42,43)(H,45,46)/b7-5-,12-11-,15-14-,19-10-,30-25-. The average molecular weight is 657 g/mol. The number of aliphatic carboxylic acids is 1. The maximum absolute atomic E-state index is 12.6. The highest BCUT2D eigenvalue weighted by molar-refractivity contribution is 5.83. The predicted molar refractivity (Wildman–Crippen MR) is 197 cm³/mol. The molecule has 2 unspecified atom stereocenters. The van der Waals surface area contributed by atoms with E-state index in [0.717, 1.165) is 83.5 Å². The minimum Gasteiger partial charge on any atom is -0.480 e. The quantitative estimate of drug-likeness (QED) is 0.0377. The minimum atomic E-state index is -1.02. The number of allylic oxidation sites excluding steroid dienone is 9. The molecule has 4 N–H and O–H groups in total. The van der Waals surface area contributed by atoms with Crippen LogP contribution in [0, 0.1) is 0 Å². The van der Waals surface area contributed by atoms with Crippen molar-refractivity contribution in [2.45, 2.75) is 167 Å². The molecule has 268 valence electrons. The number of rotatable bonds is 32. The number of carboxylic acid groups (broad SMARTS) is 1. The van der Waals surface area contributed by atoms with Gasteiger partial charge in [0.2, 0.25) is 5.91 Å². The fourth-order valence-corrected chi connectivity index (χ4v) is 4.99. The highest BCUT2D eigenvalue weighted by Crippen LogP contribution is 2.14. The zero-order valence-electron chi connectivity index (χ0n) is 29.8. The number of hydrogen-bond donors (Lipinski definition) is 3. The Morgan fingerprint density at radius 2 is 1.23 bits per heavy atom. The second kappa shape index (κ2) is 34.4. The second-order valence-corrected chi connectivity index (χ2v) is 12.2. The Hall–Kier alpha value is -2.93. The normalized spacial score (nSPS) is 13.4. The van der Waals surface area contributed by atoms with Gasteiger partial charge in [-0.2, -0.15) is 0 Å². The van der Waals surface area contributed by atoms with Crippen molar-refractivity contribution < 1.29 is 24.2 Å². The molecular formula is C40H68N2O5. The molecule has 0 saturated carbocycles. The maximum atomic E-state index is 12.6. The van der Waals surface area contributed by atoms with Crippen LogP contribution in [0.2, 0.25) is 0 Å². The summed E-state index contributed by atoms with van der Waals surface area (Å²) < 4.78 is 5.86. The van der Waals surface area contributed by atoms with Crippen molar-refractivity contribution in [2.24, 2.45) is 5.73 Å². The Labute approximate surface area is 287 Å². The van der Waals surface area contributed by atoms with E-state index in [4.69, 9.17) is 10.5 Å². The molecule has 0 aromatic heterocycles. The lowest BCUT2D eigenvalue weighted by molar-refractivity contribution is -0.147. The summed E-state index contributed by atoms with van der Waals surface area (Å²) in [7, 11) is 0. The number of amides is 1. The molecule has 47 heavy (non-hydrogen) atoms. The fourth-order valence-electron chi connectivity index (χ4n) is 4.99. The zero-order valence-corrected chi connectivity index (χ0v) is 29.8. The van der Waals surface area contributed by atoms with Crippen molar-refractivity contribution >= 4 is 17.8 Å². The predicted octanol–water partition coefficient (Wildman–Crippen LogP) is 9.83. The molecule has 0 aliphatic heterocycles. The number of hydrogen-bond acceptors (Lipinski definition) is 5. The van der Waals surface area contributed by atoms with Gasteiger partial charge in [-0.15, -0.1) is 0 Å². The largest absolute Gasteiger partial charge is 0.480 e. The Morgan fingerprint density at radius 1 is 0.660 bits per heavy atom. The third-order valence-corrected chi connectivity index (χ3v) is 7.80. The number of nitrogens with one attached hydrogen (secondary N) is 1.